The van der Waals surface area contributed by atoms with Crippen LogP contribution in [0.2, 0.25) is 0 Å². The van der Waals surface area contributed by atoms with E-state index in [9.17, 15) is 18.4 Å². The van der Waals surface area contributed by atoms with E-state index in [1.54, 1.807) is 6.92 Å². The quantitative estimate of drug-likeness (QED) is 0.620. The highest BCUT2D eigenvalue weighted by atomic mass is 19.3. The second kappa shape index (κ2) is 7.58. The van der Waals surface area contributed by atoms with E-state index < -0.39 is 24.1 Å². The van der Waals surface area contributed by atoms with Gasteiger partial charge in [0.15, 0.2) is 0 Å². The van der Waals surface area contributed by atoms with Crippen LogP contribution in [0.4, 0.5) is 13.6 Å². The number of aromatic nitrogens is 1. The molecule has 1 saturated heterocycles. The smallest absolute Gasteiger partial charge is 0.387 e. The van der Waals surface area contributed by atoms with Crippen LogP contribution in [0, 0.1) is 0 Å². The van der Waals surface area contributed by atoms with Crippen LogP contribution in [0.5, 0.6) is 5.75 Å². The number of imide groups is 1. The third kappa shape index (κ3) is 3.61. The van der Waals surface area contributed by atoms with E-state index in [1.807, 2.05) is 30.3 Å². The number of nitrogens with zero attached hydrogens (tertiary/aromatic N) is 2. The Morgan fingerprint density at radius 3 is 2.50 bits per heavy atom. The molecule has 9 heteroatoms. The van der Waals surface area contributed by atoms with Crippen molar-refractivity contribution in [2.24, 2.45) is 0 Å². The van der Waals surface area contributed by atoms with Gasteiger partial charge in [0.05, 0.1) is 12.2 Å². The number of rotatable bonds is 6. The fourth-order valence-electron chi connectivity index (χ4n) is 3.26. The normalized spacial score (nSPS) is 18.7. The van der Waals surface area contributed by atoms with E-state index in [0.29, 0.717) is 17.1 Å². The highest BCUT2D eigenvalue weighted by molar-refractivity contribution is 6.07. The van der Waals surface area contributed by atoms with E-state index in [2.05, 4.69) is 15.0 Å². The van der Waals surface area contributed by atoms with Crippen molar-refractivity contribution in [3.05, 3.63) is 72.1 Å². The zero-order chi connectivity index (χ0) is 21.3. The molecule has 1 unspecified atom stereocenters. The van der Waals surface area contributed by atoms with Gasteiger partial charge < -0.3 is 14.5 Å². The van der Waals surface area contributed by atoms with Crippen LogP contribution in [0.3, 0.4) is 0 Å². The molecule has 2 aromatic carbocycles. The van der Waals surface area contributed by atoms with Crippen LogP contribution in [0.25, 0.3) is 11.5 Å². The van der Waals surface area contributed by atoms with Crippen molar-refractivity contribution < 1.29 is 27.5 Å². The summed E-state index contributed by atoms with van der Waals surface area (Å²) in [5.74, 6) is -0.142. The van der Waals surface area contributed by atoms with Gasteiger partial charge in [-0.3, -0.25) is 9.69 Å². The number of carbonyl (C=O) groups excluding carboxylic acids is 2. The van der Waals surface area contributed by atoms with Crippen LogP contribution in [-0.4, -0.2) is 28.4 Å². The lowest BCUT2D eigenvalue weighted by atomic mass is 9.92. The van der Waals surface area contributed by atoms with Crippen LogP contribution in [0.15, 0.2) is 65.3 Å². The van der Waals surface area contributed by atoms with Gasteiger partial charge in [-0.1, -0.05) is 30.3 Å². The molecule has 3 amide bonds. The molecular weight excluding hydrogens is 396 g/mol. The summed E-state index contributed by atoms with van der Waals surface area (Å²) in [7, 11) is 0. The van der Waals surface area contributed by atoms with Crippen molar-refractivity contribution in [3.63, 3.8) is 0 Å². The summed E-state index contributed by atoms with van der Waals surface area (Å²) in [6.07, 6.45) is 1.40. The van der Waals surface area contributed by atoms with Gasteiger partial charge in [-0.05, 0) is 36.8 Å². The number of carbonyl (C=O) groups is 2. The van der Waals surface area contributed by atoms with Crippen LogP contribution < -0.4 is 10.1 Å². The summed E-state index contributed by atoms with van der Waals surface area (Å²) in [5, 5.41) is 2.66. The van der Waals surface area contributed by atoms with Gasteiger partial charge in [0.2, 0.25) is 5.89 Å². The number of nitrogens with one attached hydrogen (secondary N) is 1. The summed E-state index contributed by atoms with van der Waals surface area (Å²) in [4.78, 5) is 30.9. The Bertz CT molecular complexity index is 1070. The molecule has 1 aromatic heterocycles. The zero-order valence-corrected chi connectivity index (χ0v) is 15.8. The molecule has 1 aliphatic heterocycles. The van der Waals surface area contributed by atoms with Gasteiger partial charge in [-0.25, -0.2) is 9.78 Å². The minimum Gasteiger partial charge on any atom is -0.444 e. The van der Waals surface area contributed by atoms with E-state index in [0.717, 1.165) is 10.5 Å². The minimum atomic E-state index is -2.95. The lowest BCUT2D eigenvalue weighted by Crippen LogP contribution is -2.40. The Labute approximate surface area is 170 Å². The third-order valence-corrected chi connectivity index (χ3v) is 4.82. The Morgan fingerprint density at radius 2 is 1.83 bits per heavy atom. The van der Waals surface area contributed by atoms with Crippen molar-refractivity contribution in [1.82, 2.24) is 15.2 Å². The van der Waals surface area contributed by atoms with Gasteiger partial charge in [-0.15, -0.1) is 0 Å². The van der Waals surface area contributed by atoms with Crippen molar-refractivity contribution in [3.8, 4) is 17.2 Å². The molecule has 7 nitrogen and oxygen atoms in total. The van der Waals surface area contributed by atoms with Crippen molar-refractivity contribution >= 4 is 11.9 Å². The van der Waals surface area contributed by atoms with Crippen molar-refractivity contribution in [2.75, 3.05) is 0 Å². The minimum absolute atomic E-state index is 0.0398. The number of hydrogen-bond donors (Lipinski definition) is 1. The van der Waals surface area contributed by atoms with Crippen LogP contribution in [0.1, 0.15) is 18.2 Å². The number of hydrogen-bond acceptors (Lipinski definition) is 5. The largest absolute Gasteiger partial charge is 0.444 e. The monoisotopic (exact) mass is 413 g/mol. The van der Waals surface area contributed by atoms with Gasteiger partial charge in [-0.2, -0.15) is 8.78 Å². The number of oxazole rings is 1. The predicted molar refractivity (Wildman–Crippen MR) is 101 cm³/mol. The van der Waals surface area contributed by atoms with Crippen LogP contribution >= 0.6 is 0 Å². The number of benzene rings is 2. The molecule has 1 fully saturated rings. The first-order chi connectivity index (χ1) is 14.4. The first kappa shape index (κ1) is 19.6. The number of halogens is 2. The standard InChI is InChI=1S/C21H17F2N3O4/c1-21(14-7-9-16(10-8-14)30-19(22)23)18(27)26(20(28)25-21)11-15-12-29-17(24-15)13-5-3-2-4-6-13/h2-10,12,19H,11H2,1H3,(H,25,28). The topological polar surface area (TPSA) is 84.7 Å². The summed E-state index contributed by atoms with van der Waals surface area (Å²) in [5.41, 5.74) is 0.293. The maximum atomic E-state index is 13.0. The molecular formula is C21H17F2N3O4. The van der Waals surface area contributed by atoms with Gasteiger partial charge in [0, 0.05) is 5.56 Å². The first-order valence-corrected chi connectivity index (χ1v) is 9.06. The summed E-state index contributed by atoms with van der Waals surface area (Å²) in [6.45, 7) is -1.46. The second-order valence-corrected chi connectivity index (χ2v) is 6.86. The summed E-state index contributed by atoms with van der Waals surface area (Å²) >= 11 is 0. The van der Waals surface area contributed by atoms with Crippen molar-refractivity contribution in [1.29, 1.82) is 0 Å². The van der Waals surface area contributed by atoms with E-state index in [4.69, 9.17) is 4.42 Å². The molecule has 1 atom stereocenters. The van der Waals surface area contributed by atoms with Gasteiger partial charge >= 0.3 is 12.6 Å². The molecule has 30 heavy (non-hydrogen) atoms. The molecule has 0 aliphatic carbocycles. The maximum absolute atomic E-state index is 13.0. The number of ether oxygens (including phenoxy) is 1. The lowest BCUT2D eigenvalue weighted by molar-refractivity contribution is -0.131. The number of alkyl halides is 2. The average molecular weight is 413 g/mol. The van der Waals surface area contributed by atoms with Gasteiger partial charge in [0.1, 0.15) is 17.6 Å². The Morgan fingerprint density at radius 1 is 1.13 bits per heavy atom. The molecule has 0 saturated carbocycles. The fraction of sp³-hybridized carbons (Fsp3) is 0.190. The predicted octanol–water partition coefficient (Wildman–Crippen LogP) is 3.91. The molecule has 1 aliphatic rings. The highest BCUT2D eigenvalue weighted by Crippen LogP contribution is 2.31. The van der Waals surface area contributed by atoms with Crippen LogP contribution in [-0.2, 0) is 16.9 Å². The molecule has 0 spiro atoms. The molecule has 0 radical (unpaired) electrons. The first-order valence-electron chi connectivity index (χ1n) is 9.06. The molecule has 0 bridgehead atoms. The molecule has 1 N–H and O–H groups in total. The molecule has 2 heterocycles. The molecule has 4 rings (SSSR count). The Hall–Kier alpha value is -3.75. The number of amides is 3. The van der Waals surface area contributed by atoms with E-state index in [1.165, 1.54) is 30.5 Å². The van der Waals surface area contributed by atoms with Crippen molar-refractivity contribution in [2.45, 2.75) is 25.6 Å². The Kier molecular flexibility index (Phi) is 4.94. The maximum Gasteiger partial charge on any atom is 0.387 e. The van der Waals surface area contributed by atoms with E-state index >= 15 is 0 Å². The lowest BCUT2D eigenvalue weighted by Gasteiger charge is -2.22. The summed E-state index contributed by atoms with van der Waals surface area (Å²) in [6, 6.07) is 14.2. The highest BCUT2D eigenvalue weighted by Gasteiger charge is 2.49. The molecule has 3 aromatic rings. The number of urea groups is 1. The summed E-state index contributed by atoms with van der Waals surface area (Å²) < 4.78 is 34.4. The average Bonchev–Trinajstić information content (AvgIpc) is 3.28. The van der Waals surface area contributed by atoms with Gasteiger partial charge in [0.25, 0.3) is 5.91 Å². The van der Waals surface area contributed by atoms with E-state index in [-0.39, 0.29) is 12.3 Å². The Balaban J connectivity index is 1.52. The zero-order valence-electron chi connectivity index (χ0n) is 15.8. The SMILES string of the molecule is CC1(c2ccc(OC(F)F)cc2)NC(=O)N(Cc2coc(-c3ccccc3)n2)C1=O. The fourth-order valence-corrected chi connectivity index (χ4v) is 3.26. The second-order valence-electron chi connectivity index (χ2n) is 6.86. The molecule has 154 valence electrons. The third-order valence-electron chi connectivity index (χ3n) is 4.82.